The fraction of sp³-hybridized carbons (Fsp3) is 0.667. The van der Waals surface area contributed by atoms with Crippen LogP contribution in [0.4, 0.5) is 4.79 Å². The van der Waals surface area contributed by atoms with Crippen LogP contribution < -0.4 is 4.57 Å². The predicted molar refractivity (Wildman–Crippen MR) is 143 cm³/mol. The average Bonchev–Trinajstić information content (AvgIpc) is 3.27. The first-order valence-electron chi connectivity index (χ1n) is 13.0. The first-order chi connectivity index (χ1) is 16.3. The van der Waals surface area contributed by atoms with Gasteiger partial charge >= 0.3 is 14.3 Å². The highest BCUT2D eigenvalue weighted by atomic mass is 35.5. The molecule has 0 aliphatic carbocycles. The molecule has 0 aromatic carbocycles. The molecule has 4 rings (SSSR count). The van der Waals surface area contributed by atoms with Gasteiger partial charge in [0, 0.05) is 19.5 Å². The highest BCUT2D eigenvalue weighted by molar-refractivity contribution is 6.82. The van der Waals surface area contributed by atoms with Crippen molar-refractivity contribution in [1.82, 2.24) is 9.13 Å². The second-order valence-corrected chi connectivity index (χ2v) is 17.9. The number of Topliss-reactive ketones (excluding diaryl/α,β-unsaturated/α-hetero) is 1. The van der Waals surface area contributed by atoms with Crippen LogP contribution in [0.1, 0.15) is 90.7 Å². The van der Waals surface area contributed by atoms with Gasteiger partial charge in [0.05, 0.1) is 22.2 Å². The molecule has 192 valence electrons. The Bertz CT molecular complexity index is 1130. The Kier molecular flexibility index (Phi) is 6.90. The first kappa shape index (κ1) is 26.2. The van der Waals surface area contributed by atoms with Gasteiger partial charge in [-0.1, -0.05) is 39.3 Å². The number of ketones is 1. The van der Waals surface area contributed by atoms with Gasteiger partial charge in [-0.25, -0.2) is 9.36 Å². The van der Waals surface area contributed by atoms with E-state index in [-0.39, 0.29) is 17.8 Å². The van der Waals surface area contributed by atoms with Gasteiger partial charge in [-0.05, 0) is 63.6 Å². The van der Waals surface area contributed by atoms with Crippen molar-refractivity contribution in [3.8, 4) is 0 Å². The van der Waals surface area contributed by atoms with Gasteiger partial charge in [-0.2, -0.15) is 0 Å². The predicted octanol–water partition coefficient (Wildman–Crippen LogP) is 6.53. The molecule has 0 spiro atoms. The van der Waals surface area contributed by atoms with Gasteiger partial charge in [0.1, 0.15) is 17.5 Å². The molecule has 1 unspecified atom stereocenters. The molecule has 2 aliphatic rings. The minimum Gasteiger partial charge on any atom is -0.444 e. The van der Waals surface area contributed by atoms with Crippen LogP contribution in [0.5, 0.6) is 0 Å². The lowest BCUT2D eigenvalue weighted by atomic mass is 9.89. The molecule has 1 fully saturated rings. The van der Waals surface area contributed by atoms with Crippen molar-refractivity contribution in [2.24, 2.45) is 5.92 Å². The Hall–Kier alpha value is -1.86. The summed E-state index contributed by atoms with van der Waals surface area (Å²) in [6, 6.07) is 2.11. The standard InChI is InChI=1S/C27H41ClN3O3Si/c1-17(2)35(18(3)4)19(5)30-16-22(28)24(21-11-14-31(35)25(21)30)23(32)15-20-9-12-29(13-10-20)26(33)34-27(6,7)8/h11,14,16-20H,9-10,12-13,15H2,1-8H3/q+1. The third-order valence-corrected chi connectivity index (χ3v) is 15.0. The largest absolute Gasteiger partial charge is 0.444 e. The van der Waals surface area contributed by atoms with Crippen molar-refractivity contribution in [3.63, 3.8) is 0 Å². The summed E-state index contributed by atoms with van der Waals surface area (Å²) < 4.78 is 10.4. The van der Waals surface area contributed by atoms with E-state index in [0.29, 0.717) is 46.8 Å². The van der Waals surface area contributed by atoms with Crippen molar-refractivity contribution in [3.05, 3.63) is 29.0 Å². The van der Waals surface area contributed by atoms with Crippen LogP contribution in [0.25, 0.3) is 11.0 Å². The van der Waals surface area contributed by atoms with E-state index in [4.69, 9.17) is 16.3 Å². The Morgan fingerprint density at radius 1 is 1.17 bits per heavy atom. The van der Waals surface area contributed by atoms with E-state index in [0.717, 1.165) is 23.9 Å². The lowest BCUT2D eigenvalue weighted by molar-refractivity contribution is -0.673. The average molecular weight is 519 g/mol. The maximum atomic E-state index is 13.6. The third-order valence-electron chi connectivity index (χ3n) is 8.24. The molecule has 0 saturated carbocycles. The van der Waals surface area contributed by atoms with Crippen LogP contribution in [0, 0.1) is 5.92 Å². The molecular weight excluding hydrogens is 478 g/mol. The number of carbonyl (C=O) groups is 2. The monoisotopic (exact) mass is 518 g/mol. The summed E-state index contributed by atoms with van der Waals surface area (Å²) in [5, 5.41) is 1.53. The fourth-order valence-electron chi connectivity index (χ4n) is 6.77. The van der Waals surface area contributed by atoms with E-state index in [1.165, 1.54) is 0 Å². The van der Waals surface area contributed by atoms with Crippen LogP contribution >= 0.6 is 11.6 Å². The number of aromatic nitrogens is 2. The molecule has 1 amide bonds. The number of hydrogen-bond acceptors (Lipinski definition) is 3. The number of amides is 1. The smallest absolute Gasteiger partial charge is 0.410 e. The summed E-state index contributed by atoms with van der Waals surface area (Å²) in [5.74, 6) is 0.349. The zero-order valence-corrected chi connectivity index (χ0v) is 24.3. The second-order valence-electron chi connectivity index (χ2n) is 12.1. The second kappa shape index (κ2) is 9.22. The van der Waals surface area contributed by atoms with Gasteiger partial charge in [0.25, 0.3) is 5.65 Å². The normalized spacial score (nSPS) is 20.3. The fourth-order valence-corrected chi connectivity index (χ4v) is 13.4. The van der Waals surface area contributed by atoms with Gasteiger partial charge in [0.2, 0.25) is 0 Å². The third kappa shape index (κ3) is 4.33. The number of carbonyl (C=O) groups excluding carboxylic acids is 2. The summed E-state index contributed by atoms with van der Waals surface area (Å²) in [6.45, 7) is 18.6. The number of hydrogen-bond donors (Lipinski definition) is 0. The topological polar surface area (TPSA) is 55.4 Å². The number of halogens is 1. The molecule has 2 aromatic rings. The van der Waals surface area contributed by atoms with E-state index in [1.54, 1.807) is 4.90 Å². The quantitative estimate of drug-likeness (QED) is 0.257. The van der Waals surface area contributed by atoms with Crippen LogP contribution in [-0.4, -0.2) is 47.9 Å². The molecule has 6 nitrogen and oxygen atoms in total. The number of ether oxygens (including phenoxy) is 1. The Morgan fingerprint density at radius 2 is 1.77 bits per heavy atom. The SMILES string of the molecule is CC(C)[Si]1(C(C)C)C(C)[n+]2cc(Cl)c(C(=O)CC3CCN(C(=O)OC(C)(C)C)CC3)c3ccn1c32. The summed E-state index contributed by atoms with van der Waals surface area (Å²) in [5.41, 5.74) is 2.80. The first-order valence-corrected chi connectivity index (χ1v) is 15.6. The molecular formula is C27H41ClN3O3Si+. The molecule has 2 aromatic heterocycles. The van der Waals surface area contributed by atoms with E-state index >= 15 is 0 Å². The molecule has 1 saturated heterocycles. The zero-order chi connectivity index (χ0) is 25.9. The lowest BCUT2D eigenvalue weighted by Gasteiger charge is -2.33. The van der Waals surface area contributed by atoms with Gasteiger partial charge < -0.3 is 9.64 Å². The Morgan fingerprint density at radius 3 is 2.31 bits per heavy atom. The molecule has 0 bridgehead atoms. The zero-order valence-electron chi connectivity index (χ0n) is 22.5. The van der Waals surface area contributed by atoms with Crippen molar-refractivity contribution < 1.29 is 18.9 Å². The van der Waals surface area contributed by atoms with Crippen molar-refractivity contribution in [2.75, 3.05) is 13.1 Å². The van der Waals surface area contributed by atoms with Crippen LogP contribution in [-0.2, 0) is 4.74 Å². The minimum absolute atomic E-state index is 0.108. The number of likely N-dealkylation sites (tertiary alicyclic amines) is 1. The van der Waals surface area contributed by atoms with E-state index in [1.807, 2.05) is 27.0 Å². The highest BCUT2D eigenvalue weighted by Gasteiger charge is 2.61. The molecule has 0 N–H and O–H groups in total. The number of rotatable bonds is 5. The Balaban J connectivity index is 1.56. The van der Waals surface area contributed by atoms with Crippen molar-refractivity contribution in [2.45, 2.75) is 97.0 Å². The van der Waals surface area contributed by atoms with Crippen LogP contribution in [0.15, 0.2) is 18.5 Å². The van der Waals surface area contributed by atoms with Gasteiger partial charge in [0.15, 0.2) is 5.78 Å². The van der Waals surface area contributed by atoms with Crippen LogP contribution in [0.3, 0.4) is 0 Å². The number of pyridine rings is 1. The molecule has 8 heteroatoms. The van der Waals surface area contributed by atoms with E-state index in [9.17, 15) is 9.59 Å². The maximum absolute atomic E-state index is 13.6. The summed E-state index contributed by atoms with van der Waals surface area (Å²) in [4.78, 5) is 27.8. The summed E-state index contributed by atoms with van der Waals surface area (Å²) in [7, 11) is -1.94. The number of nitrogens with zero attached hydrogens (tertiary/aromatic N) is 3. The van der Waals surface area contributed by atoms with Crippen molar-refractivity contribution in [1.29, 1.82) is 0 Å². The van der Waals surface area contributed by atoms with Gasteiger partial charge in [-0.3, -0.25) is 9.03 Å². The lowest BCUT2D eigenvalue weighted by Crippen LogP contribution is -2.56. The van der Waals surface area contributed by atoms with E-state index < -0.39 is 13.8 Å². The number of piperidine rings is 1. The molecule has 0 radical (unpaired) electrons. The van der Waals surface area contributed by atoms with Gasteiger partial charge in [-0.15, -0.1) is 0 Å². The highest BCUT2D eigenvalue weighted by Crippen LogP contribution is 2.46. The molecule has 2 aliphatic heterocycles. The Labute approximate surface area is 215 Å². The van der Waals surface area contributed by atoms with E-state index in [2.05, 4.69) is 55.7 Å². The molecule has 35 heavy (non-hydrogen) atoms. The summed E-state index contributed by atoms with van der Waals surface area (Å²) >= 11 is 6.82. The molecule has 1 atom stereocenters. The summed E-state index contributed by atoms with van der Waals surface area (Å²) in [6.07, 6.45) is 6.00. The molecule has 4 heterocycles. The maximum Gasteiger partial charge on any atom is 0.410 e. The van der Waals surface area contributed by atoms with Crippen LogP contribution in [0.2, 0.25) is 16.1 Å². The minimum atomic E-state index is -1.94. The van der Waals surface area contributed by atoms with Crippen molar-refractivity contribution >= 4 is 42.7 Å².